The van der Waals surface area contributed by atoms with E-state index in [0.29, 0.717) is 12.3 Å². The van der Waals surface area contributed by atoms with Crippen molar-refractivity contribution in [1.29, 1.82) is 0 Å². The minimum absolute atomic E-state index is 0.342. The Morgan fingerprint density at radius 3 is 2.79 bits per heavy atom. The smallest absolute Gasteiger partial charge is 0.120 e. The third-order valence-corrected chi connectivity index (χ3v) is 3.26. The van der Waals surface area contributed by atoms with Crippen LogP contribution in [0.5, 0.6) is 5.75 Å². The van der Waals surface area contributed by atoms with Crippen LogP contribution in [0.25, 0.3) is 10.9 Å². The van der Waals surface area contributed by atoms with Crippen molar-refractivity contribution in [1.82, 2.24) is 10.3 Å². The Labute approximate surface area is 111 Å². The zero-order valence-electron chi connectivity index (χ0n) is 10.6. The molecule has 3 rings (SSSR count). The van der Waals surface area contributed by atoms with Crippen LogP contribution in [-0.2, 0) is 13.1 Å². The molecule has 1 aromatic heterocycles. The van der Waals surface area contributed by atoms with Crippen LogP contribution < -0.4 is 5.32 Å². The Kier molecular flexibility index (Phi) is 3.21. The highest BCUT2D eigenvalue weighted by Gasteiger charge is 2.00. The Hall–Kier alpha value is -2.26. The van der Waals surface area contributed by atoms with E-state index >= 15 is 0 Å². The Balaban J connectivity index is 1.64. The van der Waals surface area contributed by atoms with Gasteiger partial charge in [0.2, 0.25) is 0 Å². The van der Waals surface area contributed by atoms with E-state index in [4.69, 9.17) is 0 Å². The minimum Gasteiger partial charge on any atom is -0.508 e. The molecule has 0 radical (unpaired) electrons. The molecule has 0 spiro atoms. The van der Waals surface area contributed by atoms with E-state index in [1.807, 2.05) is 24.4 Å². The van der Waals surface area contributed by atoms with Crippen LogP contribution in [0.2, 0.25) is 0 Å². The van der Waals surface area contributed by atoms with Gasteiger partial charge in [-0.15, -0.1) is 0 Å². The zero-order valence-corrected chi connectivity index (χ0v) is 10.6. The second kappa shape index (κ2) is 5.16. The summed E-state index contributed by atoms with van der Waals surface area (Å²) in [4.78, 5) is 3.21. The molecule has 0 aliphatic heterocycles. The Morgan fingerprint density at radius 2 is 1.89 bits per heavy atom. The van der Waals surface area contributed by atoms with Gasteiger partial charge in [0, 0.05) is 30.4 Å². The van der Waals surface area contributed by atoms with Crippen molar-refractivity contribution >= 4 is 10.9 Å². The van der Waals surface area contributed by atoms with Crippen molar-refractivity contribution in [2.45, 2.75) is 13.1 Å². The molecule has 3 heteroatoms. The van der Waals surface area contributed by atoms with Crippen LogP contribution in [0, 0.1) is 0 Å². The minimum atomic E-state index is 0.342. The summed E-state index contributed by atoms with van der Waals surface area (Å²) in [7, 11) is 0. The number of aromatic amines is 1. The van der Waals surface area contributed by atoms with Crippen LogP contribution in [0.3, 0.4) is 0 Å². The summed E-state index contributed by atoms with van der Waals surface area (Å²) in [5.41, 5.74) is 3.30. The van der Waals surface area contributed by atoms with E-state index in [0.717, 1.165) is 17.6 Å². The van der Waals surface area contributed by atoms with Crippen molar-refractivity contribution < 1.29 is 5.11 Å². The maximum absolute atomic E-state index is 9.68. The van der Waals surface area contributed by atoms with Gasteiger partial charge in [-0.25, -0.2) is 0 Å². The number of phenolic OH excluding ortho intramolecular Hbond substituents is 1. The number of aromatic hydroxyl groups is 1. The van der Waals surface area contributed by atoms with E-state index in [1.165, 1.54) is 10.9 Å². The van der Waals surface area contributed by atoms with Gasteiger partial charge in [-0.2, -0.15) is 0 Å². The van der Waals surface area contributed by atoms with Gasteiger partial charge in [0.1, 0.15) is 5.75 Å². The van der Waals surface area contributed by atoms with E-state index in [2.05, 4.69) is 34.6 Å². The SMILES string of the molecule is Oc1ccccc1CNCc1ccc2cc[nH]c2c1. The molecule has 2 aromatic carbocycles. The third-order valence-electron chi connectivity index (χ3n) is 3.26. The number of aromatic nitrogens is 1. The zero-order chi connectivity index (χ0) is 13.1. The van der Waals surface area contributed by atoms with Gasteiger partial charge in [-0.3, -0.25) is 0 Å². The number of rotatable bonds is 4. The molecule has 96 valence electrons. The number of H-pyrrole nitrogens is 1. The highest BCUT2D eigenvalue weighted by atomic mass is 16.3. The van der Waals surface area contributed by atoms with Crippen LogP contribution >= 0.6 is 0 Å². The first-order valence-corrected chi connectivity index (χ1v) is 6.36. The fourth-order valence-electron chi connectivity index (χ4n) is 2.21. The first-order valence-electron chi connectivity index (χ1n) is 6.36. The molecule has 19 heavy (non-hydrogen) atoms. The van der Waals surface area contributed by atoms with Crippen LogP contribution in [0.1, 0.15) is 11.1 Å². The van der Waals surface area contributed by atoms with Crippen LogP contribution in [-0.4, -0.2) is 10.1 Å². The fourth-order valence-corrected chi connectivity index (χ4v) is 2.21. The predicted octanol–water partition coefficient (Wildman–Crippen LogP) is 3.16. The summed E-state index contributed by atoms with van der Waals surface area (Å²) < 4.78 is 0. The molecule has 0 fully saturated rings. The van der Waals surface area contributed by atoms with Gasteiger partial charge < -0.3 is 15.4 Å². The van der Waals surface area contributed by atoms with Gasteiger partial charge in [-0.05, 0) is 29.1 Å². The van der Waals surface area contributed by atoms with E-state index in [-0.39, 0.29) is 0 Å². The van der Waals surface area contributed by atoms with Crippen LogP contribution in [0.15, 0.2) is 54.7 Å². The molecule has 0 atom stereocenters. The van der Waals surface area contributed by atoms with E-state index in [1.54, 1.807) is 6.07 Å². The third kappa shape index (κ3) is 2.61. The number of benzene rings is 2. The maximum atomic E-state index is 9.68. The first-order chi connectivity index (χ1) is 9.33. The molecular formula is C16H16N2O. The lowest BCUT2D eigenvalue weighted by Gasteiger charge is -2.07. The number of para-hydroxylation sites is 1. The molecule has 0 aliphatic carbocycles. The average Bonchev–Trinajstić information content (AvgIpc) is 2.88. The topological polar surface area (TPSA) is 48.0 Å². The quantitative estimate of drug-likeness (QED) is 0.668. The van der Waals surface area contributed by atoms with Crippen molar-refractivity contribution in [3.05, 3.63) is 65.9 Å². The van der Waals surface area contributed by atoms with Gasteiger partial charge in [-0.1, -0.05) is 30.3 Å². The van der Waals surface area contributed by atoms with Gasteiger partial charge in [0.25, 0.3) is 0 Å². The highest BCUT2D eigenvalue weighted by molar-refractivity contribution is 5.79. The number of fused-ring (bicyclic) bond motifs is 1. The lowest BCUT2D eigenvalue weighted by atomic mass is 10.1. The maximum Gasteiger partial charge on any atom is 0.120 e. The van der Waals surface area contributed by atoms with Gasteiger partial charge >= 0.3 is 0 Å². The lowest BCUT2D eigenvalue weighted by molar-refractivity contribution is 0.464. The molecule has 3 aromatic rings. The summed E-state index contributed by atoms with van der Waals surface area (Å²) in [5, 5.41) is 14.2. The number of nitrogens with one attached hydrogen (secondary N) is 2. The molecule has 1 heterocycles. The normalized spacial score (nSPS) is 10.9. The van der Waals surface area contributed by atoms with Crippen molar-refractivity contribution in [2.24, 2.45) is 0 Å². The summed E-state index contributed by atoms with van der Waals surface area (Å²) >= 11 is 0. The highest BCUT2D eigenvalue weighted by Crippen LogP contribution is 2.16. The number of hydrogen-bond acceptors (Lipinski definition) is 2. The average molecular weight is 252 g/mol. The summed E-state index contributed by atoms with van der Waals surface area (Å²) in [5.74, 6) is 0.342. The molecule has 0 amide bonds. The monoisotopic (exact) mass is 252 g/mol. The van der Waals surface area contributed by atoms with E-state index < -0.39 is 0 Å². The van der Waals surface area contributed by atoms with Crippen molar-refractivity contribution in [3.63, 3.8) is 0 Å². The predicted molar refractivity (Wildman–Crippen MR) is 76.9 cm³/mol. The fraction of sp³-hybridized carbons (Fsp3) is 0.125. The summed E-state index contributed by atoms with van der Waals surface area (Å²) in [6.45, 7) is 1.44. The second-order valence-corrected chi connectivity index (χ2v) is 4.63. The molecule has 0 unspecified atom stereocenters. The molecule has 0 bridgehead atoms. The van der Waals surface area contributed by atoms with Crippen molar-refractivity contribution in [3.8, 4) is 5.75 Å². The number of hydrogen-bond donors (Lipinski definition) is 3. The van der Waals surface area contributed by atoms with Crippen LogP contribution in [0.4, 0.5) is 0 Å². The standard InChI is InChI=1S/C16H16N2O/c19-16-4-2-1-3-14(16)11-17-10-12-5-6-13-7-8-18-15(13)9-12/h1-9,17-19H,10-11H2. The summed E-state index contributed by atoms with van der Waals surface area (Å²) in [6.07, 6.45) is 1.95. The van der Waals surface area contributed by atoms with Gasteiger partial charge in [0.05, 0.1) is 0 Å². The molecular weight excluding hydrogens is 236 g/mol. The van der Waals surface area contributed by atoms with Gasteiger partial charge in [0.15, 0.2) is 0 Å². The lowest BCUT2D eigenvalue weighted by Crippen LogP contribution is -2.12. The molecule has 0 aliphatic rings. The van der Waals surface area contributed by atoms with Crippen molar-refractivity contribution in [2.75, 3.05) is 0 Å². The largest absolute Gasteiger partial charge is 0.508 e. The molecule has 3 nitrogen and oxygen atoms in total. The molecule has 0 saturated heterocycles. The van der Waals surface area contributed by atoms with E-state index in [9.17, 15) is 5.11 Å². The number of phenols is 1. The molecule has 3 N–H and O–H groups in total. The summed E-state index contributed by atoms with van der Waals surface area (Å²) in [6, 6.07) is 15.8. The second-order valence-electron chi connectivity index (χ2n) is 4.63. The molecule has 0 saturated carbocycles. The Bertz CT molecular complexity index is 688. The Morgan fingerprint density at radius 1 is 1.00 bits per heavy atom. The first kappa shape index (κ1) is 11.8.